The minimum absolute atomic E-state index is 0.162. The summed E-state index contributed by atoms with van der Waals surface area (Å²) < 4.78 is 0. The molecule has 0 radical (unpaired) electrons. The minimum atomic E-state index is 0.162. The largest absolute Gasteiger partial charge is 0.396 e. The van der Waals surface area contributed by atoms with Crippen molar-refractivity contribution in [1.29, 1.82) is 0 Å². The Kier molecular flexibility index (Phi) is 2.77. The van der Waals surface area contributed by atoms with Crippen molar-refractivity contribution >= 4 is 5.57 Å². The zero-order valence-electron chi connectivity index (χ0n) is 10.3. The van der Waals surface area contributed by atoms with Crippen molar-refractivity contribution in [3.63, 3.8) is 0 Å². The fraction of sp³-hybridized carbons (Fsp3) is 0.176. The van der Waals surface area contributed by atoms with E-state index in [0.29, 0.717) is 6.42 Å². The van der Waals surface area contributed by atoms with E-state index in [0.717, 1.165) is 12.0 Å². The van der Waals surface area contributed by atoms with Gasteiger partial charge < -0.3 is 5.11 Å². The average molecular weight is 236 g/mol. The highest BCUT2D eigenvalue weighted by Crippen LogP contribution is 2.39. The van der Waals surface area contributed by atoms with Gasteiger partial charge in [0.15, 0.2) is 0 Å². The molecule has 0 bridgehead atoms. The molecule has 0 aromatic heterocycles. The predicted molar refractivity (Wildman–Crippen MR) is 75.4 cm³/mol. The third-order valence-electron chi connectivity index (χ3n) is 3.65. The highest BCUT2D eigenvalue weighted by atomic mass is 16.2. The lowest BCUT2D eigenvalue weighted by atomic mass is 9.95. The SMILES string of the molecule is C=C(CCO)c1cccc2c1Cc1ccccc1-2. The van der Waals surface area contributed by atoms with Crippen LogP contribution in [0.25, 0.3) is 16.7 Å². The zero-order valence-corrected chi connectivity index (χ0v) is 10.3. The van der Waals surface area contributed by atoms with Gasteiger partial charge in [0.05, 0.1) is 0 Å². The fourth-order valence-corrected chi connectivity index (χ4v) is 2.76. The first-order valence-corrected chi connectivity index (χ1v) is 6.30. The molecule has 2 aromatic rings. The molecular formula is C17H16O. The summed E-state index contributed by atoms with van der Waals surface area (Å²) in [5.41, 5.74) is 7.64. The molecule has 1 aliphatic rings. The van der Waals surface area contributed by atoms with E-state index in [-0.39, 0.29) is 6.61 Å². The molecule has 1 N–H and O–H groups in total. The van der Waals surface area contributed by atoms with Crippen LogP contribution in [0.5, 0.6) is 0 Å². The summed E-state index contributed by atoms with van der Waals surface area (Å²) in [5, 5.41) is 9.06. The molecule has 0 amide bonds. The average Bonchev–Trinajstić information content (AvgIpc) is 2.77. The summed E-state index contributed by atoms with van der Waals surface area (Å²) in [5.74, 6) is 0. The Balaban J connectivity index is 2.11. The molecule has 3 rings (SSSR count). The van der Waals surface area contributed by atoms with Gasteiger partial charge in [0.2, 0.25) is 0 Å². The summed E-state index contributed by atoms with van der Waals surface area (Å²) in [4.78, 5) is 0. The molecular weight excluding hydrogens is 220 g/mol. The second-order valence-electron chi connectivity index (χ2n) is 4.74. The molecule has 1 heteroatoms. The maximum atomic E-state index is 9.06. The van der Waals surface area contributed by atoms with E-state index in [4.69, 9.17) is 5.11 Å². The van der Waals surface area contributed by atoms with Crippen molar-refractivity contribution in [3.8, 4) is 11.1 Å². The second kappa shape index (κ2) is 4.43. The van der Waals surface area contributed by atoms with Gasteiger partial charge in [-0.15, -0.1) is 0 Å². The Labute approximate surface area is 107 Å². The van der Waals surface area contributed by atoms with Gasteiger partial charge in [-0.25, -0.2) is 0 Å². The van der Waals surface area contributed by atoms with E-state index in [9.17, 15) is 0 Å². The van der Waals surface area contributed by atoms with Gasteiger partial charge in [-0.3, -0.25) is 0 Å². The Morgan fingerprint density at radius 3 is 2.67 bits per heavy atom. The number of benzene rings is 2. The molecule has 0 aliphatic heterocycles. The Morgan fingerprint density at radius 1 is 1.06 bits per heavy atom. The van der Waals surface area contributed by atoms with Crippen LogP contribution in [0.1, 0.15) is 23.1 Å². The Hall–Kier alpha value is -1.86. The fourth-order valence-electron chi connectivity index (χ4n) is 2.76. The van der Waals surface area contributed by atoms with Crippen LogP contribution in [-0.4, -0.2) is 11.7 Å². The van der Waals surface area contributed by atoms with Crippen LogP contribution in [0, 0.1) is 0 Å². The van der Waals surface area contributed by atoms with Crippen molar-refractivity contribution in [2.24, 2.45) is 0 Å². The smallest absolute Gasteiger partial charge is 0.0471 e. The maximum absolute atomic E-state index is 9.06. The molecule has 1 nitrogen and oxygen atoms in total. The van der Waals surface area contributed by atoms with Crippen molar-refractivity contribution in [2.75, 3.05) is 6.61 Å². The molecule has 18 heavy (non-hydrogen) atoms. The summed E-state index contributed by atoms with van der Waals surface area (Å²) >= 11 is 0. The summed E-state index contributed by atoms with van der Waals surface area (Å²) in [7, 11) is 0. The lowest BCUT2D eigenvalue weighted by molar-refractivity contribution is 0.305. The van der Waals surface area contributed by atoms with Gasteiger partial charge in [-0.05, 0) is 46.2 Å². The van der Waals surface area contributed by atoms with Gasteiger partial charge in [0, 0.05) is 6.61 Å². The summed E-state index contributed by atoms with van der Waals surface area (Å²) in [6, 6.07) is 14.9. The lowest BCUT2D eigenvalue weighted by Crippen LogP contribution is -1.93. The molecule has 2 aromatic carbocycles. The first-order chi connectivity index (χ1) is 8.81. The topological polar surface area (TPSA) is 20.2 Å². The second-order valence-corrected chi connectivity index (χ2v) is 4.74. The molecule has 0 saturated carbocycles. The summed E-state index contributed by atoms with van der Waals surface area (Å²) in [6.07, 6.45) is 1.62. The van der Waals surface area contributed by atoms with E-state index in [1.807, 2.05) is 0 Å². The van der Waals surface area contributed by atoms with Crippen LogP contribution in [0.2, 0.25) is 0 Å². The highest BCUT2D eigenvalue weighted by Gasteiger charge is 2.20. The Bertz CT molecular complexity index is 611. The first-order valence-electron chi connectivity index (χ1n) is 6.30. The highest BCUT2D eigenvalue weighted by molar-refractivity contribution is 5.82. The standard InChI is InChI=1S/C17H16O/c1-12(9-10-18)14-7-4-8-16-15-6-3-2-5-13(15)11-17(14)16/h2-8,18H,1,9-11H2. The molecule has 0 atom stereocenters. The maximum Gasteiger partial charge on any atom is 0.0471 e. The number of fused-ring (bicyclic) bond motifs is 3. The van der Waals surface area contributed by atoms with Crippen molar-refractivity contribution in [3.05, 3.63) is 65.7 Å². The van der Waals surface area contributed by atoms with Crippen LogP contribution in [-0.2, 0) is 6.42 Å². The van der Waals surface area contributed by atoms with Gasteiger partial charge in [-0.2, -0.15) is 0 Å². The quantitative estimate of drug-likeness (QED) is 0.736. The van der Waals surface area contributed by atoms with E-state index in [1.165, 1.54) is 27.8 Å². The van der Waals surface area contributed by atoms with Crippen LogP contribution in [0.3, 0.4) is 0 Å². The van der Waals surface area contributed by atoms with Crippen molar-refractivity contribution in [1.82, 2.24) is 0 Å². The first kappa shape index (κ1) is 11.2. The van der Waals surface area contributed by atoms with Crippen LogP contribution in [0.15, 0.2) is 49.0 Å². The van der Waals surface area contributed by atoms with Crippen molar-refractivity contribution in [2.45, 2.75) is 12.8 Å². The van der Waals surface area contributed by atoms with Crippen LogP contribution < -0.4 is 0 Å². The summed E-state index contributed by atoms with van der Waals surface area (Å²) in [6.45, 7) is 4.26. The van der Waals surface area contributed by atoms with Gasteiger partial charge in [-0.1, -0.05) is 49.0 Å². The normalized spacial score (nSPS) is 12.1. The molecule has 1 aliphatic carbocycles. The molecule has 0 saturated heterocycles. The number of aliphatic hydroxyl groups excluding tert-OH is 1. The molecule has 0 unspecified atom stereocenters. The van der Waals surface area contributed by atoms with E-state index in [2.05, 4.69) is 49.0 Å². The third-order valence-corrected chi connectivity index (χ3v) is 3.65. The lowest BCUT2D eigenvalue weighted by Gasteiger charge is -2.10. The number of aliphatic hydroxyl groups is 1. The number of hydrogen-bond donors (Lipinski definition) is 1. The third kappa shape index (κ3) is 1.68. The van der Waals surface area contributed by atoms with E-state index >= 15 is 0 Å². The molecule has 0 heterocycles. The number of rotatable bonds is 3. The minimum Gasteiger partial charge on any atom is -0.396 e. The molecule has 90 valence electrons. The Morgan fingerprint density at radius 2 is 1.83 bits per heavy atom. The van der Waals surface area contributed by atoms with E-state index < -0.39 is 0 Å². The van der Waals surface area contributed by atoms with Gasteiger partial charge >= 0.3 is 0 Å². The van der Waals surface area contributed by atoms with E-state index in [1.54, 1.807) is 0 Å². The van der Waals surface area contributed by atoms with Crippen LogP contribution in [0.4, 0.5) is 0 Å². The monoisotopic (exact) mass is 236 g/mol. The van der Waals surface area contributed by atoms with Crippen molar-refractivity contribution < 1.29 is 5.11 Å². The number of hydrogen-bond acceptors (Lipinski definition) is 1. The molecule has 0 fully saturated rings. The zero-order chi connectivity index (χ0) is 12.5. The van der Waals surface area contributed by atoms with Gasteiger partial charge in [0.25, 0.3) is 0 Å². The van der Waals surface area contributed by atoms with Crippen LogP contribution >= 0.6 is 0 Å². The van der Waals surface area contributed by atoms with Gasteiger partial charge in [0.1, 0.15) is 0 Å². The molecule has 0 spiro atoms. The predicted octanol–water partition coefficient (Wildman–Crippen LogP) is 3.65.